The second kappa shape index (κ2) is 8.57. The van der Waals surface area contributed by atoms with E-state index in [2.05, 4.69) is 31.2 Å². The van der Waals surface area contributed by atoms with E-state index in [0.29, 0.717) is 34.9 Å². The van der Waals surface area contributed by atoms with E-state index < -0.39 is 10.0 Å². The van der Waals surface area contributed by atoms with Crippen molar-refractivity contribution in [3.63, 3.8) is 0 Å². The highest BCUT2D eigenvalue weighted by Crippen LogP contribution is 2.49. The van der Waals surface area contributed by atoms with E-state index in [-0.39, 0.29) is 16.9 Å². The number of nitrogens with one attached hydrogen (secondary N) is 1. The fourth-order valence-corrected chi connectivity index (χ4v) is 6.64. The Bertz CT molecular complexity index is 1330. The second-order valence-corrected chi connectivity index (χ2v) is 11.4. The summed E-state index contributed by atoms with van der Waals surface area (Å²) >= 11 is 9.91. The largest absolute Gasteiger partial charge is 0.496 e. The van der Waals surface area contributed by atoms with Gasteiger partial charge in [-0.3, -0.25) is 0 Å². The molecule has 1 aliphatic heterocycles. The summed E-state index contributed by atoms with van der Waals surface area (Å²) in [6, 6.07) is 7.37. The van der Waals surface area contributed by atoms with Gasteiger partial charge in [0.05, 0.1) is 23.8 Å². The first-order chi connectivity index (χ1) is 15.8. The molecule has 0 saturated heterocycles. The van der Waals surface area contributed by atoms with Gasteiger partial charge in [-0.15, -0.1) is 0 Å². The average Bonchev–Trinajstić information content (AvgIpc) is 3.46. The van der Waals surface area contributed by atoms with E-state index in [9.17, 15) is 8.42 Å². The van der Waals surface area contributed by atoms with Crippen LogP contribution in [0.3, 0.4) is 0 Å². The molecule has 0 unspecified atom stereocenters. The molecule has 2 aliphatic rings. The maximum Gasteiger partial charge on any atom is 0.245 e. The number of imidazole rings is 1. The van der Waals surface area contributed by atoms with E-state index >= 15 is 0 Å². The SMILES string of the molecule is COc1cccc(Cl)c1[C@@H]1C[C@H]1Nc1ncc(S(=O)(=O)N2CCn3c(cnc3C)C2)cc1Br. The molecule has 0 spiro atoms. The molecule has 1 aromatic carbocycles. The van der Waals surface area contributed by atoms with Crippen LogP contribution >= 0.6 is 27.5 Å². The van der Waals surface area contributed by atoms with Gasteiger partial charge in [0.25, 0.3) is 0 Å². The van der Waals surface area contributed by atoms with Crippen LogP contribution in [0.5, 0.6) is 5.75 Å². The van der Waals surface area contributed by atoms with Crippen molar-refractivity contribution in [1.29, 1.82) is 0 Å². The number of sulfonamides is 1. The van der Waals surface area contributed by atoms with Gasteiger partial charge in [-0.2, -0.15) is 4.31 Å². The monoisotopic (exact) mass is 551 g/mol. The smallest absolute Gasteiger partial charge is 0.245 e. The zero-order chi connectivity index (χ0) is 23.3. The molecule has 8 nitrogen and oxygen atoms in total. The Hall–Kier alpha value is -2.14. The number of benzene rings is 1. The number of aryl methyl sites for hydroxylation is 1. The molecule has 0 bridgehead atoms. The number of anilines is 1. The number of hydrogen-bond acceptors (Lipinski definition) is 6. The molecular weight excluding hydrogens is 530 g/mol. The van der Waals surface area contributed by atoms with Crippen LogP contribution in [-0.2, 0) is 23.1 Å². The molecular formula is C22H23BrClN5O3S. The highest BCUT2D eigenvalue weighted by Gasteiger charge is 2.42. The summed E-state index contributed by atoms with van der Waals surface area (Å²) in [5.41, 5.74) is 1.87. The summed E-state index contributed by atoms with van der Waals surface area (Å²) in [6.45, 7) is 3.20. The van der Waals surface area contributed by atoms with Gasteiger partial charge in [-0.25, -0.2) is 18.4 Å². The van der Waals surface area contributed by atoms with Crippen molar-refractivity contribution in [3.05, 3.63) is 63.2 Å². The number of pyridine rings is 1. The van der Waals surface area contributed by atoms with Crippen LogP contribution < -0.4 is 10.1 Å². The Morgan fingerprint density at radius 2 is 2.06 bits per heavy atom. The molecule has 2 atom stereocenters. The molecule has 1 aliphatic carbocycles. The number of nitrogens with zero attached hydrogens (tertiary/aromatic N) is 4. The van der Waals surface area contributed by atoms with Crippen molar-refractivity contribution >= 4 is 43.4 Å². The van der Waals surface area contributed by atoms with E-state index in [1.54, 1.807) is 19.4 Å². The Labute approximate surface area is 206 Å². The maximum atomic E-state index is 13.2. The summed E-state index contributed by atoms with van der Waals surface area (Å²) in [5, 5.41) is 4.07. The second-order valence-electron chi connectivity index (χ2n) is 8.24. The van der Waals surface area contributed by atoms with Crippen molar-refractivity contribution < 1.29 is 13.2 Å². The number of halogens is 2. The van der Waals surface area contributed by atoms with Crippen molar-refractivity contribution in [1.82, 2.24) is 18.8 Å². The first-order valence-corrected chi connectivity index (χ1v) is 13.2. The molecule has 0 radical (unpaired) electrons. The number of rotatable bonds is 6. The Balaban J connectivity index is 1.32. The van der Waals surface area contributed by atoms with Gasteiger partial charge in [-0.1, -0.05) is 17.7 Å². The molecule has 0 amide bonds. The highest BCUT2D eigenvalue weighted by atomic mass is 79.9. The molecule has 33 heavy (non-hydrogen) atoms. The molecule has 3 heterocycles. The third kappa shape index (κ3) is 4.14. The van der Waals surface area contributed by atoms with Crippen molar-refractivity contribution in [2.24, 2.45) is 0 Å². The van der Waals surface area contributed by atoms with E-state index in [4.69, 9.17) is 16.3 Å². The van der Waals surface area contributed by atoms with Gasteiger partial charge in [0, 0.05) is 48.0 Å². The van der Waals surface area contributed by atoms with Crippen LogP contribution in [0.2, 0.25) is 5.02 Å². The lowest BCUT2D eigenvalue weighted by molar-refractivity contribution is 0.339. The lowest BCUT2D eigenvalue weighted by Crippen LogP contribution is -2.38. The van der Waals surface area contributed by atoms with Gasteiger partial charge >= 0.3 is 0 Å². The molecule has 2 aromatic heterocycles. The maximum absolute atomic E-state index is 13.2. The van der Waals surface area contributed by atoms with Crippen LogP contribution in [0.25, 0.3) is 0 Å². The third-order valence-electron chi connectivity index (χ3n) is 6.22. The molecule has 174 valence electrons. The highest BCUT2D eigenvalue weighted by molar-refractivity contribution is 9.10. The number of ether oxygens (including phenoxy) is 1. The van der Waals surface area contributed by atoms with Crippen LogP contribution in [-0.4, -0.2) is 47.0 Å². The zero-order valence-corrected chi connectivity index (χ0v) is 21.3. The van der Waals surface area contributed by atoms with Crippen molar-refractivity contribution in [3.8, 4) is 5.75 Å². The third-order valence-corrected chi connectivity index (χ3v) is 8.96. The van der Waals surface area contributed by atoms with Gasteiger partial charge in [0.1, 0.15) is 22.3 Å². The van der Waals surface area contributed by atoms with Gasteiger partial charge in [-0.05, 0) is 47.5 Å². The quantitative estimate of drug-likeness (QED) is 0.493. The van der Waals surface area contributed by atoms with Gasteiger partial charge < -0.3 is 14.6 Å². The standard InChI is InChI=1S/C22H23BrClN5O3S/c1-13-25-10-14-12-28(6-7-29(13)14)33(30,31)15-8-17(23)22(26-11-15)27-19-9-16(19)21-18(24)4-3-5-20(21)32-2/h3-5,8,10-11,16,19H,6-7,9,12H2,1-2H3,(H,26,27)/t16-,19-/m1/s1. The summed E-state index contributed by atoms with van der Waals surface area (Å²) in [5.74, 6) is 2.46. The minimum Gasteiger partial charge on any atom is -0.496 e. The van der Waals surface area contributed by atoms with Gasteiger partial charge in [0.2, 0.25) is 10.0 Å². The number of methoxy groups -OCH3 is 1. The summed E-state index contributed by atoms with van der Waals surface area (Å²) < 4.78 is 36.1. The van der Waals surface area contributed by atoms with Gasteiger partial charge in [0.15, 0.2) is 0 Å². The Morgan fingerprint density at radius 1 is 1.24 bits per heavy atom. The summed E-state index contributed by atoms with van der Waals surface area (Å²) in [4.78, 5) is 8.86. The predicted molar refractivity (Wildman–Crippen MR) is 129 cm³/mol. The zero-order valence-electron chi connectivity index (χ0n) is 18.1. The number of hydrogen-bond donors (Lipinski definition) is 1. The first-order valence-electron chi connectivity index (χ1n) is 10.5. The van der Waals surface area contributed by atoms with Crippen LogP contribution in [0.1, 0.15) is 29.4 Å². The fourth-order valence-electron chi connectivity index (χ4n) is 4.34. The van der Waals surface area contributed by atoms with Crippen molar-refractivity contribution in [2.45, 2.75) is 43.3 Å². The molecule has 3 aromatic rings. The lowest BCUT2D eigenvalue weighted by Gasteiger charge is -2.28. The molecule has 1 N–H and O–H groups in total. The molecule has 1 saturated carbocycles. The summed E-state index contributed by atoms with van der Waals surface area (Å²) in [7, 11) is -2.04. The Morgan fingerprint density at radius 3 is 2.82 bits per heavy atom. The topological polar surface area (TPSA) is 89.3 Å². The van der Waals surface area contributed by atoms with Crippen LogP contribution in [0.15, 0.2) is 46.0 Å². The molecule has 1 fully saturated rings. The van der Waals surface area contributed by atoms with E-state index in [1.165, 1.54) is 10.5 Å². The minimum atomic E-state index is -3.68. The van der Waals surface area contributed by atoms with Crippen LogP contribution in [0, 0.1) is 6.92 Å². The first kappa shape index (κ1) is 22.6. The number of aromatic nitrogens is 3. The van der Waals surface area contributed by atoms with E-state index in [1.807, 2.05) is 29.7 Å². The fraction of sp³-hybridized carbons (Fsp3) is 0.364. The summed E-state index contributed by atoms with van der Waals surface area (Å²) in [6.07, 6.45) is 4.03. The molecule has 11 heteroatoms. The average molecular weight is 553 g/mol. The lowest BCUT2D eigenvalue weighted by atomic mass is 10.1. The van der Waals surface area contributed by atoms with Crippen LogP contribution in [0.4, 0.5) is 5.82 Å². The minimum absolute atomic E-state index is 0.135. The van der Waals surface area contributed by atoms with Crippen molar-refractivity contribution in [2.75, 3.05) is 19.0 Å². The predicted octanol–water partition coefficient (Wildman–Crippen LogP) is 4.18. The van der Waals surface area contributed by atoms with E-state index in [0.717, 1.165) is 29.3 Å². The normalized spacial score (nSPS) is 20.4. The molecule has 5 rings (SSSR count). The number of fused-ring (bicyclic) bond motifs is 1. The Kier molecular flexibility index (Phi) is 5.88.